The highest BCUT2D eigenvalue weighted by Crippen LogP contribution is 2.56. The molecule has 1 saturated heterocycles. The van der Waals surface area contributed by atoms with E-state index in [2.05, 4.69) is 179 Å². The molecule has 10 rings (SSSR count). The summed E-state index contributed by atoms with van der Waals surface area (Å²) in [4.78, 5) is 10.1. The molecule has 1 aliphatic carbocycles. The van der Waals surface area contributed by atoms with Gasteiger partial charge in [0, 0.05) is 16.7 Å². The summed E-state index contributed by atoms with van der Waals surface area (Å²) < 4.78 is 14.0. The standard InChI is InChI=1S/C53H43BN2O2/c1-51(2)52(3,4)58-54(57-51)49-42(33-34-45-48(49)43-27-17-18-28-44(43)53(45,40-23-13-7-14-24-40)41-25-15-8-16-26-41)36-29-31-38(32-30-36)47-35-46(37-19-9-5-10-20-37)55-50(56-47)39-21-11-6-12-22-39/h5-35H,1-4H3. The van der Waals surface area contributed by atoms with E-state index in [9.17, 15) is 0 Å². The topological polar surface area (TPSA) is 44.2 Å². The van der Waals surface area contributed by atoms with Crippen LogP contribution in [-0.2, 0) is 14.7 Å². The lowest BCUT2D eigenvalue weighted by molar-refractivity contribution is 0.00578. The van der Waals surface area contributed by atoms with Crippen LogP contribution in [0.5, 0.6) is 0 Å². The largest absolute Gasteiger partial charge is 0.496 e. The van der Waals surface area contributed by atoms with Crippen LogP contribution < -0.4 is 5.46 Å². The number of hydrogen-bond donors (Lipinski definition) is 0. The van der Waals surface area contributed by atoms with Crippen LogP contribution in [0.3, 0.4) is 0 Å². The van der Waals surface area contributed by atoms with E-state index in [-0.39, 0.29) is 0 Å². The van der Waals surface area contributed by atoms with Crippen LogP contribution in [0, 0.1) is 0 Å². The molecule has 0 radical (unpaired) electrons. The maximum absolute atomic E-state index is 7.00. The molecule has 4 nitrogen and oxygen atoms in total. The van der Waals surface area contributed by atoms with Gasteiger partial charge in [-0.3, -0.25) is 0 Å². The molecule has 280 valence electrons. The minimum atomic E-state index is -0.603. The molecule has 7 aromatic carbocycles. The van der Waals surface area contributed by atoms with Gasteiger partial charge >= 0.3 is 7.12 Å². The van der Waals surface area contributed by atoms with Crippen molar-refractivity contribution < 1.29 is 9.31 Å². The molecule has 0 bridgehead atoms. The van der Waals surface area contributed by atoms with E-state index in [1.165, 1.54) is 33.4 Å². The van der Waals surface area contributed by atoms with Gasteiger partial charge < -0.3 is 9.31 Å². The minimum absolute atomic E-state index is 0.532. The van der Waals surface area contributed by atoms with E-state index in [1.807, 2.05) is 36.4 Å². The lowest BCUT2D eigenvalue weighted by atomic mass is 9.65. The minimum Gasteiger partial charge on any atom is -0.399 e. The molecule has 5 heteroatoms. The monoisotopic (exact) mass is 750 g/mol. The fourth-order valence-corrected chi connectivity index (χ4v) is 8.91. The highest BCUT2D eigenvalue weighted by molar-refractivity contribution is 6.66. The Bertz CT molecular complexity index is 2660. The van der Waals surface area contributed by atoms with Gasteiger partial charge in [0.1, 0.15) is 0 Å². The first kappa shape index (κ1) is 36.0. The summed E-state index contributed by atoms with van der Waals surface area (Å²) in [7, 11) is -0.603. The van der Waals surface area contributed by atoms with Gasteiger partial charge in [-0.15, -0.1) is 0 Å². The van der Waals surface area contributed by atoms with Crippen molar-refractivity contribution in [3.05, 3.63) is 210 Å². The predicted molar refractivity (Wildman–Crippen MR) is 237 cm³/mol. The smallest absolute Gasteiger partial charge is 0.399 e. The van der Waals surface area contributed by atoms with Gasteiger partial charge in [0.15, 0.2) is 5.82 Å². The second-order valence-corrected chi connectivity index (χ2v) is 16.3. The average Bonchev–Trinajstić information content (AvgIpc) is 3.70. The zero-order chi connectivity index (χ0) is 39.5. The second kappa shape index (κ2) is 13.9. The van der Waals surface area contributed by atoms with E-state index in [4.69, 9.17) is 19.3 Å². The summed E-state index contributed by atoms with van der Waals surface area (Å²) in [5.74, 6) is 0.696. The highest BCUT2D eigenvalue weighted by Gasteiger charge is 2.55. The van der Waals surface area contributed by atoms with Crippen LogP contribution in [0.1, 0.15) is 49.9 Å². The summed E-state index contributed by atoms with van der Waals surface area (Å²) in [6.45, 7) is 8.52. The fraction of sp³-hybridized carbons (Fsp3) is 0.132. The number of nitrogens with zero attached hydrogens (tertiary/aromatic N) is 2. The molecule has 58 heavy (non-hydrogen) atoms. The number of rotatable bonds is 7. The van der Waals surface area contributed by atoms with Crippen molar-refractivity contribution in [3.8, 4) is 56.2 Å². The molecule has 0 amide bonds. The molecule has 1 aromatic heterocycles. The predicted octanol–water partition coefficient (Wildman–Crippen LogP) is 11.8. The van der Waals surface area contributed by atoms with Gasteiger partial charge in [-0.2, -0.15) is 0 Å². The molecule has 8 aromatic rings. The Labute approximate surface area is 341 Å². The summed E-state index contributed by atoms with van der Waals surface area (Å²) in [6, 6.07) is 66.7. The van der Waals surface area contributed by atoms with Crippen molar-refractivity contribution in [1.82, 2.24) is 9.97 Å². The van der Waals surface area contributed by atoms with Crippen LogP contribution >= 0.6 is 0 Å². The molecular weight excluding hydrogens is 707 g/mol. The number of aromatic nitrogens is 2. The SMILES string of the molecule is CC1(C)OB(c2c(-c3ccc(-c4cc(-c5ccccc5)nc(-c5ccccc5)n4)cc3)ccc3c2-c2ccccc2C3(c2ccccc2)c2ccccc2)OC1(C)C. The third-order valence-corrected chi connectivity index (χ3v) is 12.5. The molecule has 0 unspecified atom stereocenters. The maximum atomic E-state index is 7.00. The first-order valence-electron chi connectivity index (χ1n) is 20.1. The number of benzene rings is 7. The Morgan fingerprint density at radius 1 is 0.414 bits per heavy atom. The van der Waals surface area contributed by atoms with Gasteiger partial charge in [-0.25, -0.2) is 9.97 Å². The third kappa shape index (κ3) is 5.76. The Morgan fingerprint density at radius 2 is 0.879 bits per heavy atom. The summed E-state index contributed by atoms with van der Waals surface area (Å²) in [6.07, 6.45) is 0. The molecule has 0 atom stereocenters. The normalized spacial score (nSPS) is 15.8. The Morgan fingerprint density at radius 3 is 1.45 bits per heavy atom. The van der Waals surface area contributed by atoms with E-state index in [0.717, 1.165) is 44.7 Å². The third-order valence-electron chi connectivity index (χ3n) is 12.5. The summed E-state index contributed by atoms with van der Waals surface area (Å²) in [5, 5.41) is 0. The molecule has 0 spiro atoms. The molecule has 2 heterocycles. The van der Waals surface area contributed by atoms with E-state index in [0.29, 0.717) is 5.82 Å². The van der Waals surface area contributed by atoms with Crippen molar-refractivity contribution in [2.45, 2.75) is 44.3 Å². The lowest BCUT2D eigenvalue weighted by Gasteiger charge is -2.34. The first-order chi connectivity index (χ1) is 28.2. The number of fused-ring (bicyclic) bond motifs is 3. The van der Waals surface area contributed by atoms with Gasteiger partial charge in [0.25, 0.3) is 0 Å². The number of hydrogen-bond acceptors (Lipinski definition) is 4. The molecule has 0 N–H and O–H groups in total. The molecule has 1 aliphatic heterocycles. The van der Waals surface area contributed by atoms with Crippen LogP contribution in [0.4, 0.5) is 0 Å². The van der Waals surface area contributed by atoms with Crippen LogP contribution in [0.15, 0.2) is 188 Å². The van der Waals surface area contributed by atoms with Crippen molar-refractivity contribution in [1.29, 1.82) is 0 Å². The quantitative estimate of drug-likeness (QED) is 0.152. The van der Waals surface area contributed by atoms with Gasteiger partial charge in [0.05, 0.1) is 28.0 Å². The Hall–Kier alpha value is -6.40. The second-order valence-electron chi connectivity index (χ2n) is 16.3. The van der Waals surface area contributed by atoms with Gasteiger partial charge in [-0.05, 0) is 83.7 Å². The molecular formula is C53H43BN2O2. The average molecular weight is 751 g/mol. The Kier molecular flexibility index (Phi) is 8.63. The Balaban J connectivity index is 1.18. The first-order valence-corrected chi connectivity index (χ1v) is 20.1. The summed E-state index contributed by atoms with van der Waals surface area (Å²) in [5.41, 5.74) is 13.6. The molecule has 1 fully saturated rings. The van der Waals surface area contributed by atoms with Crippen molar-refractivity contribution in [2.24, 2.45) is 0 Å². The summed E-state index contributed by atoms with van der Waals surface area (Å²) >= 11 is 0. The lowest BCUT2D eigenvalue weighted by Crippen LogP contribution is -2.41. The van der Waals surface area contributed by atoms with E-state index >= 15 is 0 Å². The maximum Gasteiger partial charge on any atom is 0.496 e. The van der Waals surface area contributed by atoms with Crippen LogP contribution in [-0.4, -0.2) is 28.3 Å². The van der Waals surface area contributed by atoms with E-state index < -0.39 is 23.7 Å². The van der Waals surface area contributed by atoms with Crippen molar-refractivity contribution in [3.63, 3.8) is 0 Å². The highest BCUT2D eigenvalue weighted by atomic mass is 16.7. The van der Waals surface area contributed by atoms with Crippen molar-refractivity contribution >= 4 is 12.6 Å². The van der Waals surface area contributed by atoms with Crippen LogP contribution in [0.25, 0.3) is 56.2 Å². The van der Waals surface area contributed by atoms with Gasteiger partial charge in [-0.1, -0.05) is 182 Å². The zero-order valence-corrected chi connectivity index (χ0v) is 33.2. The van der Waals surface area contributed by atoms with E-state index in [1.54, 1.807) is 0 Å². The molecule has 2 aliphatic rings. The van der Waals surface area contributed by atoms with Crippen LogP contribution in [0.2, 0.25) is 0 Å². The van der Waals surface area contributed by atoms with Gasteiger partial charge in [0.2, 0.25) is 0 Å². The fourth-order valence-electron chi connectivity index (χ4n) is 8.91. The zero-order valence-electron chi connectivity index (χ0n) is 33.2. The van der Waals surface area contributed by atoms with Crippen molar-refractivity contribution in [2.75, 3.05) is 0 Å². The molecule has 0 saturated carbocycles.